The number of benzene rings is 2. The average molecular weight is 389 g/mol. The summed E-state index contributed by atoms with van der Waals surface area (Å²) in [7, 11) is 1.47. The summed E-state index contributed by atoms with van der Waals surface area (Å²) in [5.41, 5.74) is 7.83. The molecule has 6 heteroatoms. The van der Waals surface area contributed by atoms with Crippen LogP contribution >= 0.6 is 28.3 Å². The van der Waals surface area contributed by atoms with Gasteiger partial charge in [0.05, 0.1) is 23.7 Å². The molecule has 2 rings (SSSR count). The molecule has 2 atom stereocenters. The molecule has 0 saturated carbocycles. The van der Waals surface area contributed by atoms with Crippen molar-refractivity contribution in [1.82, 2.24) is 0 Å². The highest BCUT2D eigenvalue weighted by molar-refractivity contribution is 9.10. The third-order valence-corrected chi connectivity index (χ3v) is 3.96. The fourth-order valence-corrected chi connectivity index (χ4v) is 2.61. The van der Waals surface area contributed by atoms with Gasteiger partial charge in [-0.15, -0.1) is 12.4 Å². The maximum Gasteiger partial charge on any atom is 0.172 e. The first-order chi connectivity index (χ1) is 10.0. The summed E-state index contributed by atoms with van der Waals surface area (Å²) >= 11 is 3.25. The molecule has 0 unspecified atom stereocenters. The topological polar surface area (TPSA) is 75.7 Å². The lowest BCUT2D eigenvalue weighted by Crippen LogP contribution is -2.28. The highest BCUT2D eigenvalue weighted by Gasteiger charge is 2.20. The summed E-state index contributed by atoms with van der Waals surface area (Å²) in [6.45, 7) is 0. The van der Waals surface area contributed by atoms with E-state index in [-0.39, 0.29) is 18.2 Å². The van der Waals surface area contributed by atoms with Crippen LogP contribution in [0.15, 0.2) is 46.9 Å². The predicted octanol–water partition coefficient (Wildman–Crippen LogP) is 3.19. The van der Waals surface area contributed by atoms with E-state index in [1.807, 2.05) is 30.3 Å². The standard InChI is InChI=1S/C16H18BrNO3.ClH/c1-21-14-9-11(8-12(17)16(14)20)15(18)13(19)7-10-5-3-2-4-6-10;/h2-6,8-9,13,15,19-20H,7,18H2,1H3;1H/t13-,15+;/m1./s1. The molecule has 0 aliphatic rings. The van der Waals surface area contributed by atoms with Crippen molar-refractivity contribution in [1.29, 1.82) is 0 Å². The minimum absolute atomic E-state index is 0. The first kappa shape index (κ1) is 18.8. The van der Waals surface area contributed by atoms with Crippen molar-refractivity contribution in [3.63, 3.8) is 0 Å². The van der Waals surface area contributed by atoms with E-state index >= 15 is 0 Å². The molecular weight excluding hydrogens is 370 g/mol. The molecule has 0 heterocycles. The molecule has 4 N–H and O–H groups in total. The number of hydrogen-bond acceptors (Lipinski definition) is 4. The van der Waals surface area contributed by atoms with Crippen molar-refractivity contribution < 1.29 is 14.9 Å². The van der Waals surface area contributed by atoms with Gasteiger partial charge in [0.25, 0.3) is 0 Å². The van der Waals surface area contributed by atoms with Gasteiger partial charge in [0.15, 0.2) is 11.5 Å². The van der Waals surface area contributed by atoms with Crippen LogP contribution in [0.1, 0.15) is 17.2 Å². The lowest BCUT2D eigenvalue weighted by Gasteiger charge is -2.20. The third-order valence-electron chi connectivity index (χ3n) is 3.36. The van der Waals surface area contributed by atoms with E-state index in [1.54, 1.807) is 12.1 Å². The first-order valence-corrected chi connectivity index (χ1v) is 7.36. The average Bonchev–Trinajstić information content (AvgIpc) is 2.50. The maximum absolute atomic E-state index is 10.3. The van der Waals surface area contributed by atoms with Crippen LogP contribution in [0.5, 0.6) is 11.5 Å². The molecule has 0 aliphatic carbocycles. The van der Waals surface area contributed by atoms with Gasteiger partial charge in [-0.05, 0) is 39.2 Å². The predicted molar refractivity (Wildman–Crippen MR) is 92.7 cm³/mol. The Hall–Kier alpha value is -1.27. The molecule has 0 aliphatic heterocycles. The second-order valence-corrected chi connectivity index (χ2v) is 5.69. The number of rotatable bonds is 5. The van der Waals surface area contributed by atoms with E-state index in [2.05, 4.69) is 15.9 Å². The van der Waals surface area contributed by atoms with Crippen LogP contribution in [0, 0.1) is 0 Å². The number of aliphatic hydroxyl groups excluding tert-OH is 1. The van der Waals surface area contributed by atoms with E-state index in [0.717, 1.165) is 5.56 Å². The molecule has 0 fully saturated rings. The van der Waals surface area contributed by atoms with Gasteiger partial charge in [-0.25, -0.2) is 0 Å². The summed E-state index contributed by atoms with van der Waals surface area (Å²) < 4.78 is 5.58. The van der Waals surface area contributed by atoms with E-state index in [4.69, 9.17) is 10.5 Å². The lowest BCUT2D eigenvalue weighted by molar-refractivity contribution is 0.145. The lowest BCUT2D eigenvalue weighted by atomic mass is 9.96. The van der Waals surface area contributed by atoms with Crippen LogP contribution in [0.3, 0.4) is 0 Å². The number of aliphatic hydroxyl groups is 1. The van der Waals surface area contributed by atoms with Crippen molar-refractivity contribution in [2.75, 3.05) is 7.11 Å². The van der Waals surface area contributed by atoms with Crippen LogP contribution in [-0.4, -0.2) is 23.4 Å². The highest BCUT2D eigenvalue weighted by atomic mass is 79.9. The van der Waals surface area contributed by atoms with Crippen molar-refractivity contribution in [3.8, 4) is 11.5 Å². The maximum atomic E-state index is 10.3. The number of hydrogen-bond donors (Lipinski definition) is 3. The van der Waals surface area contributed by atoms with E-state index in [9.17, 15) is 10.2 Å². The number of phenolic OH excluding ortho intramolecular Hbond substituents is 1. The second kappa shape index (κ2) is 8.39. The van der Waals surface area contributed by atoms with Crippen molar-refractivity contribution in [2.45, 2.75) is 18.6 Å². The van der Waals surface area contributed by atoms with Crippen molar-refractivity contribution >= 4 is 28.3 Å². The summed E-state index contributed by atoms with van der Waals surface area (Å²) in [5, 5.41) is 20.1. The van der Waals surface area contributed by atoms with Crippen molar-refractivity contribution in [3.05, 3.63) is 58.1 Å². The fourth-order valence-electron chi connectivity index (χ4n) is 2.15. The Morgan fingerprint density at radius 2 is 1.86 bits per heavy atom. The monoisotopic (exact) mass is 387 g/mol. The zero-order valence-electron chi connectivity index (χ0n) is 12.1. The molecular formula is C16H19BrClNO3. The molecule has 0 radical (unpaired) electrons. The molecule has 22 heavy (non-hydrogen) atoms. The molecule has 0 saturated heterocycles. The molecule has 0 bridgehead atoms. The van der Waals surface area contributed by atoms with Crippen LogP contribution in [0.25, 0.3) is 0 Å². The van der Waals surface area contributed by atoms with E-state index in [1.165, 1.54) is 7.11 Å². The van der Waals surface area contributed by atoms with Gasteiger partial charge in [-0.2, -0.15) is 0 Å². The van der Waals surface area contributed by atoms with Gasteiger partial charge in [-0.3, -0.25) is 0 Å². The Morgan fingerprint density at radius 1 is 1.23 bits per heavy atom. The minimum atomic E-state index is -0.728. The summed E-state index contributed by atoms with van der Waals surface area (Å²) in [6.07, 6.45) is -0.267. The van der Waals surface area contributed by atoms with Gasteiger partial charge in [0.2, 0.25) is 0 Å². The normalized spacial score (nSPS) is 13.1. The second-order valence-electron chi connectivity index (χ2n) is 4.84. The molecule has 4 nitrogen and oxygen atoms in total. The minimum Gasteiger partial charge on any atom is -0.503 e. The number of aromatic hydroxyl groups is 1. The van der Waals surface area contributed by atoms with Gasteiger partial charge in [0.1, 0.15) is 0 Å². The Kier molecular flexibility index (Phi) is 7.16. The van der Waals surface area contributed by atoms with Crippen LogP contribution in [-0.2, 0) is 6.42 Å². The smallest absolute Gasteiger partial charge is 0.172 e. The van der Waals surface area contributed by atoms with Gasteiger partial charge < -0.3 is 20.7 Å². The fraction of sp³-hybridized carbons (Fsp3) is 0.250. The Morgan fingerprint density at radius 3 is 2.45 bits per heavy atom. The van der Waals surface area contributed by atoms with Crippen LogP contribution < -0.4 is 10.5 Å². The molecule has 2 aromatic rings. The number of ether oxygens (including phenoxy) is 1. The van der Waals surface area contributed by atoms with E-state index in [0.29, 0.717) is 22.2 Å². The number of methoxy groups -OCH3 is 1. The van der Waals surface area contributed by atoms with Gasteiger partial charge in [0, 0.05) is 6.42 Å². The number of phenols is 1. The zero-order chi connectivity index (χ0) is 15.4. The Balaban J connectivity index is 0.00000242. The zero-order valence-corrected chi connectivity index (χ0v) is 14.5. The number of halogens is 2. The largest absolute Gasteiger partial charge is 0.503 e. The van der Waals surface area contributed by atoms with Gasteiger partial charge >= 0.3 is 0 Å². The molecule has 2 aromatic carbocycles. The number of nitrogens with two attached hydrogens (primary N) is 1. The summed E-state index contributed by atoms with van der Waals surface area (Å²) in [6, 6.07) is 12.4. The molecule has 120 valence electrons. The highest BCUT2D eigenvalue weighted by Crippen LogP contribution is 2.37. The molecule has 0 amide bonds. The van der Waals surface area contributed by atoms with E-state index < -0.39 is 12.1 Å². The Labute approximate surface area is 144 Å². The quantitative estimate of drug-likeness (QED) is 0.735. The van der Waals surface area contributed by atoms with Crippen LogP contribution in [0.2, 0.25) is 0 Å². The third kappa shape index (κ3) is 4.36. The van der Waals surface area contributed by atoms with Crippen molar-refractivity contribution in [2.24, 2.45) is 5.73 Å². The summed E-state index contributed by atoms with van der Waals surface area (Å²) in [4.78, 5) is 0. The molecule has 0 spiro atoms. The van der Waals surface area contributed by atoms with Gasteiger partial charge in [-0.1, -0.05) is 30.3 Å². The Bertz CT molecular complexity index is 610. The van der Waals surface area contributed by atoms with Crippen LogP contribution in [0.4, 0.5) is 0 Å². The SMILES string of the molecule is COc1cc([C@H](N)[C@H](O)Cc2ccccc2)cc(Br)c1O.Cl. The summed E-state index contributed by atoms with van der Waals surface area (Å²) in [5.74, 6) is 0.340. The first-order valence-electron chi connectivity index (χ1n) is 6.57. The molecule has 0 aromatic heterocycles.